The number of nitrogens with zero attached hydrogens (tertiary/aromatic N) is 1. The summed E-state index contributed by atoms with van der Waals surface area (Å²) in [4.78, 5) is 12.3. The summed E-state index contributed by atoms with van der Waals surface area (Å²) >= 11 is 0. The lowest BCUT2D eigenvalue weighted by atomic mass is 10.0. The molecule has 2 N–H and O–H groups in total. The van der Waals surface area contributed by atoms with Crippen LogP contribution in [0.1, 0.15) is 36.4 Å². The molecule has 0 unspecified atom stereocenters. The average molecular weight is 319 g/mol. The monoisotopic (exact) mass is 319 g/mol. The maximum absolute atomic E-state index is 13.8. The molecule has 122 valence electrons. The molecule has 23 heavy (non-hydrogen) atoms. The van der Waals surface area contributed by atoms with Crippen molar-refractivity contribution < 1.29 is 18.4 Å². The molecule has 1 atom stereocenters. The largest absolute Gasteiger partial charge is 0.490 e. The Morgan fingerprint density at radius 1 is 1.48 bits per heavy atom. The predicted octanol–water partition coefficient (Wildman–Crippen LogP) is 3.33. The molecule has 1 aliphatic heterocycles. The summed E-state index contributed by atoms with van der Waals surface area (Å²) in [6, 6.07) is 4.02. The van der Waals surface area contributed by atoms with Gasteiger partial charge in [-0.2, -0.15) is 0 Å². The van der Waals surface area contributed by atoms with Gasteiger partial charge in [0.1, 0.15) is 11.4 Å². The van der Waals surface area contributed by atoms with E-state index in [4.69, 9.17) is 9.26 Å². The highest BCUT2D eigenvalue weighted by molar-refractivity contribution is 5.90. The van der Waals surface area contributed by atoms with Crippen molar-refractivity contribution >= 4 is 11.7 Å². The van der Waals surface area contributed by atoms with Crippen molar-refractivity contribution in [3.05, 3.63) is 41.0 Å². The van der Waals surface area contributed by atoms with E-state index in [1.54, 1.807) is 19.1 Å². The lowest BCUT2D eigenvalue weighted by Crippen LogP contribution is -2.35. The third-order valence-electron chi connectivity index (χ3n) is 3.84. The fourth-order valence-electron chi connectivity index (χ4n) is 2.66. The number of nitrogens with one attached hydrogen (secondary N) is 2. The number of benzene rings is 1. The zero-order chi connectivity index (χ0) is 16.4. The van der Waals surface area contributed by atoms with Gasteiger partial charge in [0.05, 0.1) is 12.6 Å². The number of carbonyl (C=O) groups excluding carboxylic acids is 1. The number of urea groups is 1. The molecule has 0 bridgehead atoms. The molecule has 1 aromatic heterocycles. The number of hydrogen-bond donors (Lipinski definition) is 2. The average Bonchev–Trinajstić information content (AvgIpc) is 2.89. The molecule has 0 saturated carbocycles. The Kier molecular flexibility index (Phi) is 4.18. The summed E-state index contributed by atoms with van der Waals surface area (Å²) in [5, 5.41) is 9.51. The van der Waals surface area contributed by atoms with Gasteiger partial charge in [0.25, 0.3) is 0 Å². The number of para-hydroxylation sites is 1. The molecule has 7 heteroatoms. The molecule has 2 amide bonds. The molecule has 0 aliphatic carbocycles. The minimum atomic E-state index is -0.419. The van der Waals surface area contributed by atoms with Gasteiger partial charge < -0.3 is 19.9 Å². The standard InChI is InChI=1S/C16H18FN3O3/c1-3-12-14(9(2)23-20-12)19-16(21)18-13-7-8-22-15-10(13)5-4-6-11(15)17/h4-6,13H,3,7-8H2,1-2H3,(H2,18,19,21)/t13-/m0/s1. The van der Waals surface area contributed by atoms with Gasteiger partial charge in [-0.15, -0.1) is 0 Å². The first kappa shape index (κ1) is 15.3. The van der Waals surface area contributed by atoms with Gasteiger partial charge in [-0.05, 0) is 19.4 Å². The summed E-state index contributed by atoms with van der Waals surface area (Å²) in [5.41, 5.74) is 1.91. The zero-order valence-electron chi connectivity index (χ0n) is 13.0. The second-order valence-electron chi connectivity index (χ2n) is 5.36. The SMILES string of the molecule is CCc1noc(C)c1NC(=O)N[C@H]1CCOc2c(F)cccc21. The molecule has 2 heterocycles. The number of amides is 2. The molecular formula is C16H18FN3O3. The summed E-state index contributed by atoms with van der Waals surface area (Å²) in [6.45, 7) is 4.02. The number of halogens is 1. The van der Waals surface area contributed by atoms with E-state index in [2.05, 4.69) is 15.8 Å². The fraction of sp³-hybridized carbons (Fsp3) is 0.375. The van der Waals surface area contributed by atoms with Gasteiger partial charge >= 0.3 is 6.03 Å². The summed E-state index contributed by atoms with van der Waals surface area (Å²) < 4.78 is 24.2. The van der Waals surface area contributed by atoms with E-state index in [1.807, 2.05) is 6.92 Å². The van der Waals surface area contributed by atoms with Crippen LogP contribution in [0.3, 0.4) is 0 Å². The number of aryl methyl sites for hydroxylation is 2. The van der Waals surface area contributed by atoms with E-state index < -0.39 is 5.82 Å². The van der Waals surface area contributed by atoms with Crippen LogP contribution in [0, 0.1) is 12.7 Å². The first-order chi connectivity index (χ1) is 11.1. The molecule has 1 aliphatic rings. The molecule has 3 rings (SSSR count). The molecule has 0 spiro atoms. The summed E-state index contributed by atoms with van der Waals surface area (Å²) in [7, 11) is 0. The van der Waals surface area contributed by atoms with E-state index in [1.165, 1.54) is 6.07 Å². The van der Waals surface area contributed by atoms with Gasteiger partial charge in [-0.3, -0.25) is 0 Å². The topological polar surface area (TPSA) is 76.4 Å². The van der Waals surface area contributed by atoms with Crippen LogP contribution in [0.15, 0.2) is 22.7 Å². The van der Waals surface area contributed by atoms with Crippen molar-refractivity contribution in [1.82, 2.24) is 10.5 Å². The number of carbonyl (C=O) groups is 1. The van der Waals surface area contributed by atoms with Crippen LogP contribution in [0.5, 0.6) is 5.75 Å². The Hall–Kier alpha value is -2.57. The highest BCUT2D eigenvalue weighted by Crippen LogP contribution is 2.34. The summed E-state index contributed by atoms with van der Waals surface area (Å²) in [5.74, 6) is 0.340. The minimum absolute atomic E-state index is 0.208. The maximum atomic E-state index is 13.8. The Morgan fingerprint density at radius 2 is 2.30 bits per heavy atom. The smallest absolute Gasteiger partial charge is 0.319 e. The lowest BCUT2D eigenvalue weighted by molar-refractivity contribution is 0.227. The Labute approximate surface area is 133 Å². The molecule has 0 radical (unpaired) electrons. The number of ether oxygens (including phenoxy) is 1. The molecule has 2 aromatic rings. The van der Waals surface area contributed by atoms with Crippen molar-refractivity contribution in [3.8, 4) is 5.75 Å². The van der Waals surface area contributed by atoms with Gasteiger partial charge in [-0.1, -0.05) is 24.2 Å². The van der Waals surface area contributed by atoms with Gasteiger partial charge in [0.15, 0.2) is 17.3 Å². The normalized spacial score (nSPS) is 16.4. The van der Waals surface area contributed by atoms with Crippen LogP contribution in [0.25, 0.3) is 0 Å². The van der Waals surface area contributed by atoms with Crippen molar-refractivity contribution in [1.29, 1.82) is 0 Å². The van der Waals surface area contributed by atoms with Crippen LogP contribution >= 0.6 is 0 Å². The molecule has 6 nitrogen and oxygen atoms in total. The molecule has 0 fully saturated rings. The number of aromatic nitrogens is 1. The highest BCUT2D eigenvalue weighted by atomic mass is 19.1. The fourth-order valence-corrected chi connectivity index (χ4v) is 2.66. The number of hydrogen-bond acceptors (Lipinski definition) is 4. The second kappa shape index (κ2) is 6.28. The lowest BCUT2D eigenvalue weighted by Gasteiger charge is -2.26. The number of rotatable bonds is 3. The van der Waals surface area contributed by atoms with Crippen LogP contribution in [0.2, 0.25) is 0 Å². The van der Waals surface area contributed by atoms with E-state index in [0.717, 1.165) is 0 Å². The number of fused-ring (bicyclic) bond motifs is 1. The van der Waals surface area contributed by atoms with Crippen LogP contribution in [-0.4, -0.2) is 17.8 Å². The van der Waals surface area contributed by atoms with Gasteiger partial charge in [-0.25, -0.2) is 9.18 Å². The van der Waals surface area contributed by atoms with Crippen LogP contribution < -0.4 is 15.4 Å². The second-order valence-corrected chi connectivity index (χ2v) is 5.36. The van der Waals surface area contributed by atoms with Crippen molar-refractivity contribution in [3.63, 3.8) is 0 Å². The Balaban J connectivity index is 1.75. The highest BCUT2D eigenvalue weighted by Gasteiger charge is 2.26. The summed E-state index contributed by atoms with van der Waals surface area (Å²) in [6.07, 6.45) is 1.23. The van der Waals surface area contributed by atoms with E-state index >= 15 is 0 Å². The third-order valence-corrected chi connectivity index (χ3v) is 3.84. The van der Waals surface area contributed by atoms with Crippen molar-refractivity contribution in [2.24, 2.45) is 0 Å². The van der Waals surface area contributed by atoms with E-state index in [9.17, 15) is 9.18 Å². The minimum Gasteiger partial charge on any atom is -0.490 e. The maximum Gasteiger partial charge on any atom is 0.319 e. The van der Waals surface area contributed by atoms with E-state index in [-0.39, 0.29) is 17.8 Å². The van der Waals surface area contributed by atoms with Gasteiger partial charge in [0.2, 0.25) is 0 Å². The molecular weight excluding hydrogens is 301 g/mol. The number of anilines is 1. The van der Waals surface area contributed by atoms with Crippen molar-refractivity contribution in [2.75, 3.05) is 11.9 Å². The van der Waals surface area contributed by atoms with Gasteiger partial charge in [0, 0.05) is 12.0 Å². The first-order valence-electron chi connectivity index (χ1n) is 7.54. The zero-order valence-corrected chi connectivity index (χ0v) is 13.0. The van der Waals surface area contributed by atoms with Crippen LogP contribution in [0.4, 0.5) is 14.9 Å². The third kappa shape index (κ3) is 2.99. The quantitative estimate of drug-likeness (QED) is 0.910. The molecule has 1 aromatic carbocycles. The Morgan fingerprint density at radius 3 is 3.09 bits per heavy atom. The van der Waals surface area contributed by atoms with Crippen molar-refractivity contribution in [2.45, 2.75) is 32.7 Å². The van der Waals surface area contributed by atoms with E-state index in [0.29, 0.717) is 42.2 Å². The first-order valence-corrected chi connectivity index (χ1v) is 7.54. The predicted molar refractivity (Wildman–Crippen MR) is 82.0 cm³/mol. The van der Waals surface area contributed by atoms with Crippen LogP contribution in [-0.2, 0) is 6.42 Å². The Bertz CT molecular complexity index is 729. The molecule has 0 saturated heterocycles.